The van der Waals surface area contributed by atoms with Crippen molar-refractivity contribution in [2.24, 2.45) is 0 Å². The Balaban J connectivity index is 0.000000205. The van der Waals surface area contributed by atoms with Crippen molar-refractivity contribution < 1.29 is 9.59 Å². The lowest BCUT2D eigenvalue weighted by Gasteiger charge is -2.17. The third kappa shape index (κ3) is 10.4. The van der Waals surface area contributed by atoms with Crippen LogP contribution < -0.4 is 34.4 Å². The van der Waals surface area contributed by atoms with Crippen LogP contribution in [0.5, 0.6) is 0 Å². The van der Waals surface area contributed by atoms with E-state index in [0.717, 1.165) is 67.5 Å². The van der Waals surface area contributed by atoms with E-state index in [0.29, 0.717) is 44.2 Å². The van der Waals surface area contributed by atoms with Crippen molar-refractivity contribution in [2.75, 3.05) is 34.4 Å². The van der Waals surface area contributed by atoms with Gasteiger partial charge in [0.2, 0.25) is 11.6 Å². The number of rotatable bonds is 9. The van der Waals surface area contributed by atoms with Gasteiger partial charge >= 0.3 is 0 Å². The number of carbonyl (C=O) groups excluding carboxylic acids is 2. The second-order valence-electron chi connectivity index (χ2n) is 18.9. The summed E-state index contributed by atoms with van der Waals surface area (Å²) in [6.45, 7) is 0. The Kier molecular flexibility index (Phi) is 14.8. The van der Waals surface area contributed by atoms with Gasteiger partial charge in [0.15, 0.2) is 0 Å². The molecule has 82 heavy (non-hydrogen) atoms. The highest BCUT2D eigenvalue weighted by Crippen LogP contribution is 2.42. The summed E-state index contributed by atoms with van der Waals surface area (Å²) in [5, 5.41) is 0. The molecule has 0 atom stereocenters. The molecule has 0 unspecified atom stereocenters. The molecule has 10 aromatic carbocycles. The molecule has 13 aromatic rings. The van der Waals surface area contributed by atoms with Crippen LogP contribution in [0.1, 0.15) is 20.7 Å². The lowest BCUT2D eigenvalue weighted by molar-refractivity contribution is 0.0817. The van der Waals surface area contributed by atoms with Crippen LogP contribution in [0.4, 0.5) is 34.1 Å². The minimum absolute atomic E-state index is 0.180. The second-order valence-corrected chi connectivity index (χ2v) is 18.9. The van der Waals surface area contributed by atoms with Crippen LogP contribution >= 0.6 is 0 Å². The lowest BCUT2D eigenvalue weighted by atomic mass is 10.0. The number of nitrogens with two attached hydrogens (primary N) is 6. The fourth-order valence-corrected chi connectivity index (χ4v) is 9.39. The number of ketones is 2. The summed E-state index contributed by atoms with van der Waals surface area (Å²) in [5.41, 5.74) is 48.7. The van der Waals surface area contributed by atoms with E-state index in [1.165, 1.54) is 0 Å². The van der Waals surface area contributed by atoms with Crippen LogP contribution in [0.15, 0.2) is 243 Å². The predicted octanol–water partition coefficient (Wildman–Crippen LogP) is 13.5. The van der Waals surface area contributed by atoms with Gasteiger partial charge < -0.3 is 34.4 Å². The topological polar surface area (TPSA) is 268 Å². The van der Waals surface area contributed by atoms with Crippen molar-refractivity contribution in [3.63, 3.8) is 0 Å². The first kappa shape index (κ1) is 52.4. The molecule has 0 aliphatic heterocycles. The van der Waals surface area contributed by atoms with Crippen LogP contribution in [0, 0.1) is 0 Å². The SMILES string of the molecule is Nc1c(N)c(N)c(N)c(N)c1N.O=C(C(=O)c1ccccc1)c1ccccc1.c1ccc(-c2nc3c4nc(-c5ccccc5)c(-c5ccccc5)nc4c4nc(-c5ccccc5)c(-c5ccccc5)nc4c3nc2-c2ccccc2)cc1. The number of benzene rings is 10. The monoisotopic (exact) mass is 1070 g/mol. The van der Waals surface area contributed by atoms with E-state index >= 15 is 0 Å². The molecule has 396 valence electrons. The number of nitrogens with zero attached hydrogens (tertiary/aromatic N) is 6. The van der Waals surface area contributed by atoms with Crippen LogP contribution in [0.2, 0.25) is 0 Å². The molecule has 0 fully saturated rings. The van der Waals surface area contributed by atoms with Crippen molar-refractivity contribution in [1.29, 1.82) is 0 Å². The number of hydrogen-bond donors (Lipinski definition) is 6. The smallest absolute Gasteiger partial charge is 0.233 e. The molecule has 0 radical (unpaired) electrons. The molecular weight excluding hydrogens is 1020 g/mol. The van der Waals surface area contributed by atoms with Crippen LogP contribution in [-0.4, -0.2) is 41.5 Å². The zero-order valence-corrected chi connectivity index (χ0v) is 44.1. The van der Waals surface area contributed by atoms with Crippen molar-refractivity contribution in [1.82, 2.24) is 29.9 Å². The Labute approximate surface area is 471 Å². The molecule has 0 spiro atoms. The van der Waals surface area contributed by atoms with Gasteiger partial charge in [-0.05, 0) is 0 Å². The van der Waals surface area contributed by atoms with Gasteiger partial charge in [-0.25, -0.2) is 29.9 Å². The fraction of sp³-hybridized carbons (Fsp3) is 0. The standard InChI is InChI=1S/C48H30N6.C14H10O2.C6H12N6/c1-7-19-31(20-8-1)37-38(32-21-9-2-10-22-32)50-44-43(49-37)45-47(53-40(34-25-13-4-14-26-34)39(51-45)33-23-11-3-12-24-33)48-46(44)52-41(35-27-15-5-16-28-35)42(54-48)36-29-17-6-18-30-36;15-13(11-7-3-1-4-8-11)14(16)12-9-5-2-6-10-12;7-1-2(8)4(10)6(12)5(11)3(1)9/h1-30H;1-10H;7-12H2. The number of hydrogen-bond acceptors (Lipinski definition) is 14. The van der Waals surface area contributed by atoms with E-state index in [1.807, 2.05) is 121 Å². The zero-order chi connectivity index (χ0) is 56.7. The molecule has 0 aliphatic carbocycles. The highest BCUT2D eigenvalue weighted by atomic mass is 16.2. The quantitative estimate of drug-likeness (QED) is 0.0340. The average Bonchev–Trinajstić information content (AvgIpc) is 3.11. The van der Waals surface area contributed by atoms with Gasteiger partial charge in [0.05, 0.1) is 68.3 Å². The van der Waals surface area contributed by atoms with E-state index < -0.39 is 11.6 Å². The average molecular weight is 1070 g/mol. The van der Waals surface area contributed by atoms with Crippen LogP contribution in [-0.2, 0) is 0 Å². The first-order valence-corrected chi connectivity index (χ1v) is 26.1. The summed E-state index contributed by atoms with van der Waals surface area (Å²) in [7, 11) is 0. The van der Waals surface area contributed by atoms with Gasteiger partial charge in [-0.1, -0.05) is 243 Å². The molecule has 3 heterocycles. The van der Waals surface area contributed by atoms with E-state index in [9.17, 15) is 9.59 Å². The molecule has 0 bridgehead atoms. The van der Waals surface area contributed by atoms with E-state index in [-0.39, 0.29) is 34.1 Å². The Bertz CT molecular complexity index is 3740. The maximum absolute atomic E-state index is 11.8. The van der Waals surface area contributed by atoms with Crippen molar-refractivity contribution in [2.45, 2.75) is 0 Å². The van der Waals surface area contributed by atoms with Crippen molar-refractivity contribution in [3.05, 3.63) is 254 Å². The summed E-state index contributed by atoms with van der Waals surface area (Å²) in [6, 6.07) is 78.3. The molecule has 0 saturated carbocycles. The van der Waals surface area contributed by atoms with Gasteiger partial charge in [-0.3, -0.25) is 9.59 Å². The van der Waals surface area contributed by atoms with Gasteiger partial charge in [0.1, 0.15) is 33.1 Å². The third-order valence-electron chi connectivity index (χ3n) is 13.7. The molecule has 3 aromatic heterocycles. The molecule has 14 nitrogen and oxygen atoms in total. The van der Waals surface area contributed by atoms with Gasteiger partial charge in [0, 0.05) is 44.5 Å². The predicted molar refractivity (Wildman–Crippen MR) is 333 cm³/mol. The van der Waals surface area contributed by atoms with Gasteiger partial charge in [0.25, 0.3) is 0 Å². The van der Waals surface area contributed by atoms with Crippen LogP contribution in [0.25, 0.3) is 101 Å². The maximum Gasteiger partial charge on any atom is 0.233 e. The summed E-state index contributed by atoms with van der Waals surface area (Å²) in [4.78, 5) is 56.5. The van der Waals surface area contributed by atoms with Crippen LogP contribution in [0.3, 0.4) is 0 Å². The van der Waals surface area contributed by atoms with E-state index in [2.05, 4.69) is 72.8 Å². The summed E-state index contributed by atoms with van der Waals surface area (Å²) >= 11 is 0. The second kappa shape index (κ2) is 23.1. The first-order chi connectivity index (χ1) is 40.0. The highest BCUT2D eigenvalue weighted by Gasteiger charge is 2.26. The van der Waals surface area contributed by atoms with Gasteiger partial charge in [-0.15, -0.1) is 0 Å². The largest absolute Gasteiger partial charge is 0.395 e. The van der Waals surface area contributed by atoms with E-state index in [4.69, 9.17) is 64.3 Å². The maximum atomic E-state index is 11.8. The number of carbonyl (C=O) groups is 2. The molecule has 0 amide bonds. The first-order valence-electron chi connectivity index (χ1n) is 26.1. The number of fused-ring (bicyclic) bond motifs is 6. The summed E-state index contributed by atoms with van der Waals surface area (Å²) < 4.78 is 0. The van der Waals surface area contributed by atoms with Crippen molar-refractivity contribution in [3.8, 4) is 67.5 Å². The number of aromatic nitrogens is 6. The normalized spacial score (nSPS) is 10.8. The van der Waals surface area contributed by atoms with Crippen molar-refractivity contribution >= 4 is 78.8 Å². The zero-order valence-electron chi connectivity index (χ0n) is 44.1. The fourth-order valence-electron chi connectivity index (χ4n) is 9.39. The minimum atomic E-state index is -0.466. The Hall–Kier alpha value is -11.6. The molecular formula is C68H52N12O2. The number of Topliss-reactive ketones (excluding diaryl/α,β-unsaturated/α-hetero) is 2. The lowest BCUT2D eigenvalue weighted by Crippen LogP contribution is -2.14. The Morgan fingerprint density at radius 1 is 0.207 bits per heavy atom. The molecule has 14 heteroatoms. The molecule has 0 saturated heterocycles. The minimum Gasteiger partial charge on any atom is -0.395 e. The molecule has 12 N–H and O–H groups in total. The molecule has 0 aliphatic rings. The van der Waals surface area contributed by atoms with Gasteiger partial charge in [-0.2, -0.15) is 0 Å². The highest BCUT2D eigenvalue weighted by molar-refractivity contribution is 6.49. The summed E-state index contributed by atoms with van der Waals surface area (Å²) in [5.74, 6) is -0.932. The Morgan fingerprint density at radius 3 is 0.488 bits per heavy atom. The Morgan fingerprint density at radius 2 is 0.341 bits per heavy atom. The number of anilines is 6. The van der Waals surface area contributed by atoms with E-state index in [1.54, 1.807) is 48.5 Å². The third-order valence-corrected chi connectivity index (χ3v) is 13.7. The molecule has 13 rings (SSSR count). The summed E-state index contributed by atoms with van der Waals surface area (Å²) in [6.07, 6.45) is 0. The number of nitrogen functional groups attached to an aromatic ring is 6.